The third-order valence-corrected chi connectivity index (χ3v) is 8.66. The second kappa shape index (κ2) is 9.30. The molecule has 4 heterocycles. The molecule has 0 unspecified atom stereocenters. The van der Waals surface area contributed by atoms with Crippen LogP contribution >= 0.6 is 31.9 Å². The molecule has 2 fully saturated rings. The van der Waals surface area contributed by atoms with E-state index in [1.807, 2.05) is 47.9 Å². The first-order valence-corrected chi connectivity index (χ1v) is 14.5. The third kappa shape index (κ3) is 4.82. The van der Waals surface area contributed by atoms with Crippen LogP contribution in [0.15, 0.2) is 45.9 Å². The number of hydrogen-bond donors (Lipinski definition) is 0. The van der Waals surface area contributed by atoms with Crippen molar-refractivity contribution < 1.29 is 9.59 Å². The summed E-state index contributed by atoms with van der Waals surface area (Å²) in [7, 11) is 0. The van der Waals surface area contributed by atoms with E-state index in [9.17, 15) is 9.59 Å². The summed E-state index contributed by atoms with van der Waals surface area (Å²) in [5, 5.41) is 0. The fourth-order valence-corrected chi connectivity index (χ4v) is 7.27. The Bertz CT molecular complexity index is 1550. The SMILES string of the molecule is Cc1cc2ncc(Br)nc2cc1C(=O)N1CC2(C)CN(C(=O)c3cc4nc(Br)cnc4cc3C)CC(C)(C1)C2. The molecule has 10 heteroatoms. The zero-order valence-corrected chi connectivity index (χ0v) is 25.4. The van der Waals surface area contributed by atoms with Gasteiger partial charge in [-0.2, -0.15) is 0 Å². The number of rotatable bonds is 2. The average Bonchev–Trinajstić information content (AvgIpc) is 2.86. The fraction of sp³-hybridized carbons (Fsp3) is 0.379. The van der Waals surface area contributed by atoms with Gasteiger partial charge in [0.15, 0.2) is 0 Å². The van der Waals surface area contributed by atoms with E-state index in [2.05, 4.69) is 65.6 Å². The van der Waals surface area contributed by atoms with Crippen molar-refractivity contribution >= 4 is 65.7 Å². The van der Waals surface area contributed by atoms with E-state index >= 15 is 0 Å². The number of hydrogen-bond acceptors (Lipinski definition) is 6. The van der Waals surface area contributed by atoms with Crippen LogP contribution in [0.1, 0.15) is 52.1 Å². The van der Waals surface area contributed by atoms with Gasteiger partial charge < -0.3 is 9.80 Å². The summed E-state index contributed by atoms with van der Waals surface area (Å²) in [4.78, 5) is 49.5. The minimum Gasteiger partial charge on any atom is -0.337 e. The summed E-state index contributed by atoms with van der Waals surface area (Å²) in [6.45, 7) is 10.6. The normalized spacial score (nSPS) is 22.9. The molecule has 0 saturated carbocycles. The molecule has 0 spiro atoms. The highest BCUT2D eigenvalue weighted by atomic mass is 79.9. The van der Waals surface area contributed by atoms with Crippen molar-refractivity contribution in [3.63, 3.8) is 0 Å². The molecule has 2 aliphatic heterocycles. The van der Waals surface area contributed by atoms with Crippen LogP contribution in [0.25, 0.3) is 22.1 Å². The maximum absolute atomic E-state index is 13.9. The number of carbonyl (C=O) groups is 2. The number of carbonyl (C=O) groups excluding carboxylic acids is 2. The molecule has 4 aromatic rings. The van der Waals surface area contributed by atoms with E-state index < -0.39 is 0 Å². The molecule has 39 heavy (non-hydrogen) atoms. The average molecular weight is 652 g/mol. The zero-order chi connectivity index (χ0) is 27.7. The number of piperidine rings is 2. The summed E-state index contributed by atoms with van der Waals surface area (Å²) in [5.41, 5.74) is 5.51. The van der Waals surface area contributed by atoms with Crippen molar-refractivity contribution in [3.05, 3.63) is 68.1 Å². The number of aryl methyl sites for hydroxylation is 2. The van der Waals surface area contributed by atoms with Crippen LogP contribution in [-0.2, 0) is 0 Å². The predicted molar refractivity (Wildman–Crippen MR) is 157 cm³/mol. The fourth-order valence-electron chi connectivity index (χ4n) is 6.68. The number of nitrogens with zero attached hydrogens (tertiary/aromatic N) is 6. The largest absolute Gasteiger partial charge is 0.337 e. The van der Waals surface area contributed by atoms with Gasteiger partial charge in [-0.05, 0) is 87.5 Å². The maximum Gasteiger partial charge on any atom is 0.254 e. The summed E-state index contributed by atoms with van der Waals surface area (Å²) >= 11 is 6.76. The second-order valence-corrected chi connectivity index (χ2v) is 13.4. The Kier molecular flexibility index (Phi) is 6.26. The van der Waals surface area contributed by atoms with Crippen molar-refractivity contribution in [2.24, 2.45) is 10.8 Å². The molecule has 2 aromatic heterocycles. The number of likely N-dealkylation sites (tertiary alicyclic amines) is 2. The summed E-state index contributed by atoms with van der Waals surface area (Å²) in [6, 6.07) is 7.54. The summed E-state index contributed by atoms with van der Waals surface area (Å²) in [6.07, 6.45) is 4.28. The Morgan fingerprint density at radius 2 is 1.08 bits per heavy atom. The maximum atomic E-state index is 13.9. The number of aromatic nitrogens is 4. The Morgan fingerprint density at radius 1 is 0.692 bits per heavy atom. The van der Waals surface area contributed by atoms with E-state index in [4.69, 9.17) is 0 Å². The van der Waals surface area contributed by atoms with Crippen molar-refractivity contribution in [2.75, 3.05) is 26.2 Å². The molecular formula is C29H28Br2N6O2. The Morgan fingerprint density at radius 3 is 1.46 bits per heavy atom. The first kappa shape index (κ1) is 26.3. The van der Waals surface area contributed by atoms with Gasteiger partial charge in [-0.1, -0.05) is 13.8 Å². The Hall–Kier alpha value is -2.98. The van der Waals surface area contributed by atoms with Gasteiger partial charge in [-0.3, -0.25) is 19.6 Å². The van der Waals surface area contributed by atoms with Crippen LogP contribution in [0.4, 0.5) is 0 Å². The van der Waals surface area contributed by atoms with Gasteiger partial charge in [-0.25, -0.2) is 9.97 Å². The molecule has 2 aliphatic rings. The van der Waals surface area contributed by atoms with Gasteiger partial charge in [0.1, 0.15) is 9.21 Å². The minimum absolute atomic E-state index is 0.00243. The van der Waals surface area contributed by atoms with E-state index in [-0.39, 0.29) is 22.6 Å². The number of amides is 2. The highest BCUT2D eigenvalue weighted by Gasteiger charge is 2.50. The quantitative estimate of drug-likeness (QED) is 0.275. The van der Waals surface area contributed by atoms with Crippen LogP contribution in [0, 0.1) is 24.7 Å². The molecule has 200 valence electrons. The number of fused-ring (bicyclic) bond motifs is 4. The summed E-state index contributed by atoms with van der Waals surface area (Å²) < 4.78 is 1.27. The van der Waals surface area contributed by atoms with Gasteiger partial charge in [0, 0.05) is 48.1 Å². The highest BCUT2D eigenvalue weighted by molar-refractivity contribution is 9.10. The van der Waals surface area contributed by atoms with Gasteiger partial charge in [0.25, 0.3) is 11.8 Å². The lowest BCUT2D eigenvalue weighted by atomic mass is 9.65. The minimum atomic E-state index is -0.224. The Labute approximate surface area is 243 Å². The van der Waals surface area contributed by atoms with E-state index in [0.717, 1.165) is 28.6 Å². The van der Waals surface area contributed by atoms with Crippen LogP contribution in [0.5, 0.6) is 0 Å². The number of benzene rings is 2. The van der Waals surface area contributed by atoms with E-state index in [1.165, 1.54) is 0 Å². The van der Waals surface area contributed by atoms with Crippen LogP contribution in [-0.4, -0.2) is 67.7 Å². The highest BCUT2D eigenvalue weighted by Crippen LogP contribution is 2.46. The molecule has 6 rings (SSSR count). The first-order chi connectivity index (χ1) is 18.4. The van der Waals surface area contributed by atoms with Crippen molar-refractivity contribution in [1.29, 1.82) is 0 Å². The molecule has 0 aliphatic carbocycles. The van der Waals surface area contributed by atoms with Gasteiger partial charge in [-0.15, -0.1) is 0 Å². The van der Waals surface area contributed by atoms with Crippen molar-refractivity contribution in [2.45, 2.75) is 34.1 Å². The van der Waals surface area contributed by atoms with Crippen molar-refractivity contribution in [1.82, 2.24) is 29.7 Å². The lowest BCUT2D eigenvalue weighted by Gasteiger charge is -2.56. The van der Waals surface area contributed by atoms with Crippen molar-refractivity contribution in [3.8, 4) is 0 Å². The number of halogens is 2. The predicted octanol–water partition coefficient (Wildman–Crippen LogP) is 5.73. The standard InChI is InChI=1S/C29H28Br2N6O2/c1-16-5-20-22(34-24(30)9-32-20)7-18(16)26(38)36-12-28(3)11-29(4,13-36)15-37(14-28)27(39)19-8-23-21(6-17(19)2)33-10-25(31)35-23/h5-10H,11-15H2,1-4H3. The topological polar surface area (TPSA) is 92.2 Å². The second-order valence-electron chi connectivity index (χ2n) is 11.8. The molecule has 2 bridgehead atoms. The lowest BCUT2D eigenvalue weighted by molar-refractivity contribution is -0.0538. The first-order valence-electron chi connectivity index (χ1n) is 12.9. The smallest absolute Gasteiger partial charge is 0.254 e. The molecule has 2 amide bonds. The molecule has 0 atom stereocenters. The molecule has 0 N–H and O–H groups in total. The lowest BCUT2D eigenvalue weighted by Crippen LogP contribution is -2.64. The zero-order valence-electron chi connectivity index (χ0n) is 22.3. The Balaban J connectivity index is 1.28. The van der Waals surface area contributed by atoms with Gasteiger partial charge in [0.2, 0.25) is 0 Å². The monoisotopic (exact) mass is 650 g/mol. The molecule has 2 saturated heterocycles. The molecular weight excluding hydrogens is 624 g/mol. The van der Waals surface area contributed by atoms with Crippen LogP contribution in [0.2, 0.25) is 0 Å². The van der Waals surface area contributed by atoms with E-state index in [0.29, 0.717) is 57.5 Å². The molecule has 0 radical (unpaired) electrons. The van der Waals surface area contributed by atoms with Gasteiger partial charge in [0.05, 0.1) is 34.5 Å². The third-order valence-electron chi connectivity index (χ3n) is 7.90. The van der Waals surface area contributed by atoms with Crippen LogP contribution in [0.3, 0.4) is 0 Å². The molecule has 2 aromatic carbocycles. The van der Waals surface area contributed by atoms with Gasteiger partial charge >= 0.3 is 0 Å². The summed E-state index contributed by atoms with van der Waals surface area (Å²) in [5.74, 6) is 0.00486. The van der Waals surface area contributed by atoms with E-state index in [1.54, 1.807) is 12.4 Å². The molecule has 8 nitrogen and oxygen atoms in total. The van der Waals surface area contributed by atoms with Crippen LogP contribution < -0.4 is 0 Å².